The molecule has 1 aromatic heterocycles. The lowest BCUT2D eigenvalue weighted by Gasteiger charge is -2.29. The molecule has 0 spiro atoms. The van der Waals surface area contributed by atoms with E-state index in [1.54, 1.807) is 11.1 Å². The van der Waals surface area contributed by atoms with Gasteiger partial charge < -0.3 is 20.3 Å². The molecule has 9 nitrogen and oxygen atoms in total. The lowest BCUT2D eigenvalue weighted by molar-refractivity contribution is -0.136. The molecule has 5 rings (SSSR count). The SMILES string of the molecule is O=C1CCC(N2Cc3cc(CNc4cccnc4OC4CCNCC4)ccc3C2=O)C(=O)N1. The molecule has 33 heavy (non-hydrogen) atoms. The van der Waals surface area contributed by atoms with Gasteiger partial charge in [0.2, 0.25) is 17.7 Å². The lowest BCUT2D eigenvalue weighted by atomic mass is 10.0. The van der Waals surface area contributed by atoms with Gasteiger partial charge in [0.15, 0.2) is 0 Å². The molecule has 2 fully saturated rings. The third kappa shape index (κ3) is 4.54. The fourth-order valence-corrected chi connectivity index (χ4v) is 4.63. The van der Waals surface area contributed by atoms with E-state index in [1.165, 1.54) is 0 Å². The zero-order valence-electron chi connectivity index (χ0n) is 18.3. The number of aromatic nitrogens is 1. The van der Waals surface area contributed by atoms with Crippen molar-refractivity contribution in [2.24, 2.45) is 0 Å². The molecule has 1 aromatic carbocycles. The molecule has 3 aliphatic heterocycles. The maximum atomic E-state index is 12.9. The number of fused-ring (bicyclic) bond motifs is 1. The highest BCUT2D eigenvalue weighted by Crippen LogP contribution is 2.29. The van der Waals surface area contributed by atoms with Crippen LogP contribution in [0.2, 0.25) is 0 Å². The standard InChI is InChI=1S/C24H27N5O4/c30-21-6-5-20(22(31)28-21)29-14-16-12-15(3-4-18(16)24(29)32)13-27-19-2-1-9-26-23(19)33-17-7-10-25-11-8-17/h1-4,9,12,17,20,25,27H,5-8,10-11,13-14H2,(H,28,30,31). The van der Waals surface area contributed by atoms with Gasteiger partial charge in [-0.2, -0.15) is 0 Å². The van der Waals surface area contributed by atoms with Gasteiger partial charge in [0.1, 0.15) is 12.1 Å². The van der Waals surface area contributed by atoms with Crippen LogP contribution in [0.5, 0.6) is 5.88 Å². The molecule has 1 atom stereocenters. The Bertz CT molecular complexity index is 1080. The van der Waals surface area contributed by atoms with E-state index in [1.807, 2.05) is 30.3 Å². The number of anilines is 1. The zero-order valence-corrected chi connectivity index (χ0v) is 18.3. The number of carbonyl (C=O) groups is 3. The second-order valence-corrected chi connectivity index (χ2v) is 8.67. The number of amides is 3. The average molecular weight is 450 g/mol. The number of hydrogen-bond donors (Lipinski definition) is 3. The number of ether oxygens (including phenoxy) is 1. The van der Waals surface area contributed by atoms with Crippen LogP contribution in [0.3, 0.4) is 0 Å². The normalized spacial score (nSPS) is 21.0. The van der Waals surface area contributed by atoms with Crippen LogP contribution in [-0.4, -0.2) is 52.8 Å². The van der Waals surface area contributed by atoms with Gasteiger partial charge in [-0.1, -0.05) is 12.1 Å². The molecule has 0 bridgehead atoms. The molecule has 3 aliphatic rings. The summed E-state index contributed by atoms with van der Waals surface area (Å²) in [5.74, 6) is -0.242. The van der Waals surface area contributed by atoms with Crippen LogP contribution in [0.4, 0.5) is 5.69 Å². The van der Waals surface area contributed by atoms with Gasteiger partial charge >= 0.3 is 0 Å². The van der Waals surface area contributed by atoms with E-state index in [9.17, 15) is 14.4 Å². The molecular weight excluding hydrogens is 422 g/mol. The maximum absolute atomic E-state index is 12.9. The van der Waals surface area contributed by atoms with Crippen LogP contribution >= 0.6 is 0 Å². The number of nitrogens with one attached hydrogen (secondary N) is 3. The van der Waals surface area contributed by atoms with Crippen LogP contribution in [0, 0.1) is 0 Å². The van der Waals surface area contributed by atoms with Crippen molar-refractivity contribution < 1.29 is 19.1 Å². The van der Waals surface area contributed by atoms with Crippen LogP contribution in [0.15, 0.2) is 36.5 Å². The molecule has 0 aliphatic carbocycles. The fraction of sp³-hybridized carbons (Fsp3) is 0.417. The van der Waals surface area contributed by atoms with Crippen molar-refractivity contribution in [2.45, 2.75) is 50.9 Å². The number of carbonyl (C=O) groups excluding carboxylic acids is 3. The maximum Gasteiger partial charge on any atom is 0.255 e. The van der Waals surface area contributed by atoms with E-state index in [2.05, 4.69) is 20.9 Å². The molecule has 3 N–H and O–H groups in total. The van der Waals surface area contributed by atoms with Crippen molar-refractivity contribution in [3.8, 4) is 5.88 Å². The number of piperidine rings is 2. The first kappa shape index (κ1) is 21.4. The van der Waals surface area contributed by atoms with Gasteiger partial charge in [-0.05, 0) is 61.7 Å². The van der Waals surface area contributed by atoms with Crippen LogP contribution in [0.25, 0.3) is 0 Å². The van der Waals surface area contributed by atoms with Gasteiger partial charge in [0.05, 0.1) is 5.69 Å². The Morgan fingerprint density at radius 1 is 1.12 bits per heavy atom. The predicted octanol–water partition coefficient (Wildman–Crippen LogP) is 1.59. The Balaban J connectivity index is 1.25. The van der Waals surface area contributed by atoms with Crippen molar-refractivity contribution >= 4 is 23.4 Å². The first-order valence-corrected chi connectivity index (χ1v) is 11.4. The number of nitrogens with zero attached hydrogens (tertiary/aromatic N) is 2. The van der Waals surface area contributed by atoms with E-state index in [-0.39, 0.29) is 24.3 Å². The second-order valence-electron chi connectivity index (χ2n) is 8.67. The summed E-state index contributed by atoms with van der Waals surface area (Å²) in [4.78, 5) is 42.5. The predicted molar refractivity (Wildman–Crippen MR) is 121 cm³/mol. The van der Waals surface area contributed by atoms with E-state index >= 15 is 0 Å². The summed E-state index contributed by atoms with van der Waals surface area (Å²) < 4.78 is 6.14. The van der Waals surface area contributed by atoms with Crippen LogP contribution < -0.4 is 20.7 Å². The van der Waals surface area contributed by atoms with Crippen molar-refractivity contribution in [2.75, 3.05) is 18.4 Å². The third-order valence-electron chi connectivity index (χ3n) is 6.41. The molecule has 1 unspecified atom stereocenters. The minimum absolute atomic E-state index is 0.158. The van der Waals surface area contributed by atoms with Gasteiger partial charge in [-0.25, -0.2) is 4.98 Å². The van der Waals surface area contributed by atoms with Gasteiger partial charge in [0, 0.05) is 31.3 Å². The third-order valence-corrected chi connectivity index (χ3v) is 6.41. The largest absolute Gasteiger partial charge is 0.473 e. The summed E-state index contributed by atoms with van der Waals surface area (Å²) >= 11 is 0. The summed E-state index contributed by atoms with van der Waals surface area (Å²) in [5, 5.41) is 9.07. The molecule has 0 saturated carbocycles. The van der Waals surface area contributed by atoms with E-state index in [0.717, 1.165) is 42.7 Å². The van der Waals surface area contributed by atoms with E-state index < -0.39 is 11.9 Å². The van der Waals surface area contributed by atoms with Crippen molar-refractivity contribution in [3.63, 3.8) is 0 Å². The highest BCUT2D eigenvalue weighted by molar-refractivity contribution is 6.05. The van der Waals surface area contributed by atoms with E-state index in [0.29, 0.717) is 31.0 Å². The summed E-state index contributed by atoms with van der Waals surface area (Å²) in [7, 11) is 0. The monoisotopic (exact) mass is 449 g/mol. The summed E-state index contributed by atoms with van der Waals surface area (Å²) in [5.41, 5.74) is 3.35. The van der Waals surface area contributed by atoms with Crippen LogP contribution in [-0.2, 0) is 22.7 Å². The molecule has 172 valence electrons. The van der Waals surface area contributed by atoms with E-state index in [4.69, 9.17) is 4.74 Å². The summed E-state index contributed by atoms with van der Waals surface area (Å²) in [6.45, 7) is 2.81. The first-order chi connectivity index (χ1) is 16.1. The Morgan fingerprint density at radius 2 is 1.97 bits per heavy atom. The topological polar surface area (TPSA) is 113 Å². The molecule has 9 heteroatoms. The fourth-order valence-electron chi connectivity index (χ4n) is 4.63. The number of imide groups is 1. The summed E-state index contributed by atoms with van der Waals surface area (Å²) in [6.07, 6.45) is 4.41. The number of hydrogen-bond acceptors (Lipinski definition) is 7. The number of benzene rings is 1. The van der Waals surface area contributed by atoms with Gasteiger partial charge in [-0.15, -0.1) is 0 Å². The highest BCUT2D eigenvalue weighted by Gasteiger charge is 2.39. The number of pyridine rings is 1. The molecule has 0 radical (unpaired) electrons. The lowest BCUT2D eigenvalue weighted by Crippen LogP contribution is -2.52. The molecule has 4 heterocycles. The van der Waals surface area contributed by atoms with Gasteiger partial charge in [-0.3, -0.25) is 19.7 Å². The van der Waals surface area contributed by atoms with Crippen molar-refractivity contribution in [1.29, 1.82) is 0 Å². The van der Waals surface area contributed by atoms with Crippen molar-refractivity contribution in [3.05, 3.63) is 53.2 Å². The quantitative estimate of drug-likeness (QED) is 0.574. The highest BCUT2D eigenvalue weighted by atomic mass is 16.5. The average Bonchev–Trinajstić information content (AvgIpc) is 3.14. The van der Waals surface area contributed by atoms with Gasteiger partial charge in [0.25, 0.3) is 5.91 Å². The van der Waals surface area contributed by atoms with Crippen molar-refractivity contribution in [1.82, 2.24) is 20.5 Å². The molecule has 3 amide bonds. The molecule has 2 saturated heterocycles. The minimum atomic E-state index is -0.603. The summed E-state index contributed by atoms with van der Waals surface area (Å²) in [6, 6.07) is 8.95. The Labute approximate surface area is 191 Å². The number of rotatable bonds is 6. The Kier molecular flexibility index (Phi) is 5.95. The molecular formula is C24H27N5O4. The Hall–Kier alpha value is -3.46. The second kappa shape index (κ2) is 9.19. The first-order valence-electron chi connectivity index (χ1n) is 11.4. The zero-order chi connectivity index (χ0) is 22.8. The minimum Gasteiger partial charge on any atom is -0.473 e. The smallest absolute Gasteiger partial charge is 0.255 e. The Morgan fingerprint density at radius 3 is 2.79 bits per heavy atom. The van der Waals surface area contributed by atoms with Crippen LogP contribution in [0.1, 0.15) is 47.2 Å². The molecule has 2 aromatic rings.